The number of hydroxylamine groups is 1. The van der Waals surface area contributed by atoms with Crippen molar-refractivity contribution in [1.82, 2.24) is 15.7 Å². The quantitative estimate of drug-likeness (QED) is 0.426. The lowest BCUT2D eigenvalue weighted by molar-refractivity contribution is -0.140. The van der Waals surface area contributed by atoms with Crippen LogP contribution >= 0.6 is 0 Å². The van der Waals surface area contributed by atoms with E-state index in [4.69, 9.17) is 5.21 Å². The third-order valence-electron chi connectivity index (χ3n) is 4.80. The number of nitrogens with zero attached hydrogens (tertiary/aromatic N) is 1. The Labute approximate surface area is 147 Å². The topological polar surface area (TPSA) is 98.7 Å². The first-order valence-corrected chi connectivity index (χ1v) is 8.52. The first-order chi connectivity index (χ1) is 12.0. The van der Waals surface area contributed by atoms with Crippen molar-refractivity contribution < 1.29 is 19.6 Å². The van der Waals surface area contributed by atoms with Gasteiger partial charge < -0.3 is 10.2 Å². The van der Waals surface area contributed by atoms with Gasteiger partial charge in [0.15, 0.2) is 6.04 Å². The minimum absolute atomic E-state index is 0.390. The van der Waals surface area contributed by atoms with Gasteiger partial charge in [0.05, 0.1) is 0 Å². The average Bonchev–Trinajstić information content (AvgIpc) is 2.67. The van der Waals surface area contributed by atoms with Gasteiger partial charge in [0.2, 0.25) is 0 Å². The number of carbonyl (C=O) groups excluding carboxylic acids is 3. The average molecular weight is 347 g/mol. The molecule has 0 saturated heterocycles. The molecule has 0 heterocycles. The Morgan fingerprint density at radius 1 is 1.08 bits per heavy atom. The van der Waals surface area contributed by atoms with E-state index in [0.717, 1.165) is 4.90 Å². The number of benzene rings is 1. The molecule has 0 radical (unpaired) electrons. The summed E-state index contributed by atoms with van der Waals surface area (Å²) in [4.78, 5) is 37.2. The summed E-state index contributed by atoms with van der Waals surface area (Å²) in [7, 11) is 2.71. The van der Waals surface area contributed by atoms with Crippen LogP contribution in [0.4, 0.5) is 0 Å². The molecule has 1 aliphatic rings. The zero-order chi connectivity index (χ0) is 18.4. The van der Waals surface area contributed by atoms with E-state index in [9.17, 15) is 14.4 Å². The molecule has 1 aliphatic carbocycles. The Morgan fingerprint density at radius 3 is 2.20 bits per heavy atom. The molecular weight excluding hydrogens is 322 g/mol. The van der Waals surface area contributed by atoms with Crippen LogP contribution < -0.4 is 10.8 Å². The third kappa shape index (κ3) is 4.36. The number of nitrogens with one attached hydrogen (secondary N) is 2. The molecule has 0 bridgehead atoms. The first kappa shape index (κ1) is 18.9. The molecule has 1 aromatic rings. The lowest BCUT2D eigenvalue weighted by Crippen LogP contribution is -2.54. The molecular formula is C18H25N3O4. The second-order valence-corrected chi connectivity index (χ2v) is 6.37. The summed E-state index contributed by atoms with van der Waals surface area (Å²) in [5, 5.41) is 11.1. The van der Waals surface area contributed by atoms with Crippen molar-refractivity contribution >= 4 is 17.7 Å². The van der Waals surface area contributed by atoms with Crippen molar-refractivity contribution in [2.24, 2.45) is 0 Å². The summed E-state index contributed by atoms with van der Waals surface area (Å²) in [5.41, 5.74) is 3.03. The second kappa shape index (κ2) is 8.62. The van der Waals surface area contributed by atoms with Crippen LogP contribution in [0.1, 0.15) is 53.9 Å². The van der Waals surface area contributed by atoms with Crippen LogP contribution in [0.25, 0.3) is 0 Å². The highest BCUT2D eigenvalue weighted by molar-refractivity contribution is 6.08. The molecule has 0 aliphatic heterocycles. The minimum atomic E-state index is -1.44. The molecule has 0 spiro atoms. The smallest absolute Gasteiger partial charge is 0.275 e. The molecule has 1 atom stereocenters. The lowest BCUT2D eigenvalue weighted by atomic mass is 9.84. The molecule has 3 N–H and O–H groups in total. The number of hydrogen-bond donors (Lipinski definition) is 3. The maximum Gasteiger partial charge on any atom is 0.275 e. The molecule has 136 valence electrons. The van der Waals surface area contributed by atoms with Gasteiger partial charge in [-0.1, -0.05) is 31.4 Å². The fourth-order valence-electron chi connectivity index (χ4n) is 3.32. The fraction of sp³-hybridized carbons (Fsp3) is 0.500. The van der Waals surface area contributed by atoms with Crippen LogP contribution in [-0.4, -0.2) is 48.0 Å². The zero-order valence-electron chi connectivity index (χ0n) is 14.6. The molecule has 1 saturated carbocycles. The maximum absolute atomic E-state index is 12.6. The van der Waals surface area contributed by atoms with E-state index in [2.05, 4.69) is 5.32 Å². The summed E-state index contributed by atoms with van der Waals surface area (Å²) in [6, 6.07) is 5.89. The van der Waals surface area contributed by atoms with E-state index in [1.807, 2.05) is 12.1 Å². The van der Waals surface area contributed by atoms with Crippen molar-refractivity contribution in [2.45, 2.75) is 44.1 Å². The van der Waals surface area contributed by atoms with E-state index in [1.165, 1.54) is 57.2 Å². The summed E-state index contributed by atoms with van der Waals surface area (Å²) in [6.45, 7) is 0. The predicted molar refractivity (Wildman–Crippen MR) is 92.1 cm³/mol. The van der Waals surface area contributed by atoms with Gasteiger partial charge in [0, 0.05) is 19.7 Å². The van der Waals surface area contributed by atoms with Crippen molar-refractivity contribution in [3.63, 3.8) is 0 Å². The molecule has 1 unspecified atom stereocenters. The van der Waals surface area contributed by atoms with E-state index >= 15 is 0 Å². The summed E-state index contributed by atoms with van der Waals surface area (Å²) >= 11 is 0. The Kier molecular flexibility index (Phi) is 6.52. The highest BCUT2D eigenvalue weighted by Gasteiger charge is 2.33. The van der Waals surface area contributed by atoms with Crippen LogP contribution in [0.3, 0.4) is 0 Å². The van der Waals surface area contributed by atoms with E-state index in [1.54, 1.807) is 12.1 Å². The molecule has 7 nitrogen and oxygen atoms in total. The van der Waals surface area contributed by atoms with Crippen LogP contribution in [-0.2, 0) is 9.59 Å². The van der Waals surface area contributed by atoms with Crippen LogP contribution in [0.5, 0.6) is 0 Å². The minimum Gasteiger partial charge on any atom is -0.357 e. The van der Waals surface area contributed by atoms with Gasteiger partial charge in [-0.15, -0.1) is 0 Å². The van der Waals surface area contributed by atoms with E-state index in [-0.39, 0.29) is 0 Å². The van der Waals surface area contributed by atoms with Crippen molar-refractivity contribution in [2.75, 3.05) is 14.1 Å². The zero-order valence-corrected chi connectivity index (χ0v) is 14.6. The Bertz CT molecular complexity index is 608. The van der Waals surface area contributed by atoms with Gasteiger partial charge >= 0.3 is 0 Å². The SMILES string of the molecule is CNC(=O)C(C(=O)NO)N(C)C(=O)c1ccc(C2CCCCC2)cc1. The standard InChI is InChI=1S/C18H25N3O4/c1-19-16(22)15(17(23)20-25)21(2)18(24)14-10-8-13(9-11-14)12-6-4-3-5-7-12/h8-12,15,25H,3-7H2,1-2H3,(H,19,22)(H,20,23). The monoisotopic (exact) mass is 347 g/mol. The molecule has 25 heavy (non-hydrogen) atoms. The number of hydrogen-bond acceptors (Lipinski definition) is 4. The molecule has 3 amide bonds. The Hall–Kier alpha value is -2.41. The van der Waals surface area contributed by atoms with Crippen molar-refractivity contribution in [3.8, 4) is 0 Å². The molecule has 2 rings (SSSR count). The first-order valence-electron chi connectivity index (χ1n) is 8.52. The van der Waals surface area contributed by atoms with Gasteiger partial charge in [-0.3, -0.25) is 19.6 Å². The summed E-state index contributed by atoms with van der Waals surface area (Å²) in [5.74, 6) is -1.57. The predicted octanol–water partition coefficient (Wildman–Crippen LogP) is 1.43. The largest absolute Gasteiger partial charge is 0.357 e. The summed E-state index contributed by atoms with van der Waals surface area (Å²) < 4.78 is 0. The Morgan fingerprint density at radius 2 is 1.68 bits per heavy atom. The summed E-state index contributed by atoms with van der Waals surface area (Å²) in [6.07, 6.45) is 6.09. The van der Waals surface area contributed by atoms with Gasteiger partial charge in [0.1, 0.15) is 0 Å². The van der Waals surface area contributed by atoms with Crippen LogP contribution in [0, 0.1) is 0 Å². The van der Waals surface area contributed by atoms with Crippen LogP contribution in [0.2, 0.25) is 0 Å². The fourth-order valence-corrected chi connectivity index (χ4v) is 3.32. The molecule has 0 aromatic heterocycles. The van der Waals surface area contributed by atoms with Crippen LogP contribution in [0.15, 0.2) is 24.3 Å². The highest BCUT2D eigenvalue weighted by atomic mass is 16.5. The maximum atomic E-state index is 12.6. The van der Waals surface area contributed by atoms with E-state index < -0.39 is 23.8 Å². The van der Waals surface area contributed by atoms with Crippen molar-refractivity contribution in [1.29, 1.82) is 0 Å². The molecule has 7 heteroatoms. The lowest BCUT2D eigenvalue weighted by Gasteiger charge is -2.25. The number of rotatable bonds is 5. The van der Waals surface area contributed by atoms with E-state index in [0.29, 0.717) is 11.5 Å². The Balaban J connectivity index is 2.14. The molecule has 1 aromatic carbocycles. The number of likely N-dealkylation sites (N-methyl/N-ethyl adjacent to an activating group) is 2. The number of amides is 3. The van der Waals surface area contributed by atoms with Gasteiger partial charge in [-0.05, 0) is 36.5 Å². The number of carbonyl (C=O) groups is 3. The van der Waals surface area contributed by atoms with Gasteiger partial charge in [-0.25, -0.2) is 5.48 Å². The normalized spacial score (nSPS) is 16.0. The third-order valence-corrected chi connectivity index (χ3v) is 4.80. The molecule has 1 fully saturated rings. The second-order valence-electron chi connectivity index (χ2n) is 6.37. The highest BCUT2D eigenvalue weighted by Crippen LogP contribution is 2.32. The van der Waals surface area contributed by atoms with Gasteiger partial charge in [-0.2, -0.15) is 0 Å². The van der Waals surface area contributed by atoms with Crippen molar-refractivity contribution in [3.05, 3.63) is 35.4 Å². The van der Waals surface area contributed by atoms with Gasteiger partial charge in [0.25, 0.3) is 17.7 Å².